The molecule has 1 saturated heterocycles. The van der Waals surface area contributed by atoms with Gasteiger partial charge in [0.2, 0.25) is 17.7 Å². The molecule has 1 aromatic carbocycles. The molecule has 0 aromatic heterocycles. The highest BCUT2D eigenvalue weighted by atomic mass is 16.2. The molecule has 2 bridgehead atoms. The first-order valence-electron chi connectivity index (χ1n) is 9.31. The minimum Gasteiger partial charge on any atom is -0.324 e. The Kier molecular flexibility index (Phi) is 3.98. The van der Waals surface area contributed by atoms with Gasteiger partial charge in [-0.2, -0.15) is 0 Å². The molecule has 5 nitrogen and oxygen atoms in total. The Morgan fingerprint density at radius 1 is 1.04 bits per heavy atom. The first-order valence-corrected chi connectivity index (χ1v) is 9.31. The molecule has 5 heteroatoms. The van der Waals surface area contributed by atoms with Crippen LogP contribution in [0.25, 0.3) is 0 Å². The Morgan fingerprint density at radius 2 is 1.58 bits per heavy atom. The number of nitrogens with one attached hydrogen (secondary N) is 1. The molecule has 136 valence electrons. The Bertz CT molecular complexity index is 766. The normalized spacial score (nSPS) is 30.2. The van der Waals surface area contributed by atoms with Gasteiger partial charge in [-0.1, -0.05) is 43.7 Å². The van der Waals surface area contributed by atoms with Crippen LogP contribution in [0.5, 0.6) is 0 Å². The summed E-state index contributed by atoms with van der Waals surface area (Å²) >= 11 is 0. The number of anilines is 1. The summed E-state index contributed by atoms with van der Waals surface area (Å²) in [5, 5.41) is 2.87. The van der Waals surface area contributed by atoms with E-state index in [1.807, 2.05) is 45.0 Å². The average Bonchev–Trinajstić information content (AvgIpc) is 3.26. The van der Waals surface area contributed by atoms with Crippen molar-refractivity contribution in [2.75, 3.05) is 5.32 Å². The van der Waals surface area contributed by atoms with Crippen LogP contribution in [0.1, 0.15) is 25.8 Å². The van der Waals surface area contributed by atoms with Crippen LogP contribution in [0, 0.1) is 36.5 Å². The molecule has 0 spiro atoms. The highest BCUT2D eigenvalue weighted by Crippen LogP contribution is 2.53. The lowest BCUT2D eigenvalue weighted by Gasteiger charge is -2.29. The highest BCUT2D eigenvalue weighted by Gasteiger charge is 2.61. The van der Waals surface area contributed by atoms with Gasteiger partial charge in [0.1, 0.15) is 6.04 Å². The number of aryl methyl sites for hydroxylation is 1. The fourth-order valence-electron chi connectivity index (χ4n) is 4.77. The fraction of sp³-hybridized carbons (Fsp3) is 0.476. The van der Waals surface area contributed by atoms with Gasteiger partial charge in [-0.15, -0.1) is 0 Å². The first-order chi connectivity index (χ1) is 12.4. The van der Waals surface area contributed by atoms with Gasteiger partial charge in [0.15, 0.2) is 0 Å². The largest absolute Gasteiger partial charge is 0.324 e. The van der Waals surface area contributed by atoms with Gasteiger partial charge in [0, 0.05) is 5.69 Å². The highest BCUT2D eigenvalue weighted by molar-refractivity contribution is 6.10. The van der Waals surface area contributed by atoms with E-state index in [0.717, 1.165) is 12.0 Å². The third-order valence-corrected chi connectivity index (χ3v) is 6.00. The van der Waals surface area contributed by atoms with E-state index in [-0.39, 0.29) is 47.3 Å². The quantitative estimate of drug-likeness (QED) is 0.669. The van der Waals surface area contributed by atoms with Crippen molar-refractivity contribution in [1.29, 1.82) is 0 Å². The van der Waals surface area contributed by atoms with Gasteiger partial charge < -0.3 is 5.32 Å². The van der Waals surface area contributed by atoms with Crippen LogP contribution in [0.2, 0.25) is 0 Å². The van der Waals surface area contributed by atoms with E-state index >= 15 is 0 Å². The van der Waals surface area contributed by atoms with Crippen molar-refractivity contribution in [2.24, 2.45) is 29.6 Å². The molecule has 5 atom stereocenters. The zero-order valence-electron chi connectivity index (χ0n) is 15.3. The van der Waals surface area contributed by atoms with E-state index in [2.05, 4.69) is 17.5 Å². The molecule has 1 aromatic rings. The Hall–Kier alpha value is -2.43. The second kappa shape index (κ2) is 6.08. The Morgan fingerprint density at radius 3 is 2.08 bits per heavy atom. The smallest absolute Gasteiger partial charge is 0.247 e. The number of fused-ring (bicyclic) bond motifs is 5. The van der Waals surface area contributed by atoms with Crippen molar-refractivity contribution in [2.45, 2.75) is 33.2 Å². The van der Waals surface area contributed by atoms with Gasteiger partial charge in [-0.3, -0.25) is 19.3 Å². The molecular weight excluding hydrogens is 328 g/mol. The van der Waals surface area contributed by atoms with Crippen LogP contribution in [-0.4, -0.2) is 28.7 Å². The SMILES string of the molecule is Cc1ccc(NC(=O)C(C(C)C)N2C(=O)C3C4C=CC(C4)C3C2=O)cc1. The number of hydrogen-bond donors (Lipinski definition) is 1. The van der Waals surface area contributed by atoms with Crippen molar-refractivity contribution >= 4 is 23.4 Å². The lowest BCUT2D eigenvalue weighted by molar-refractivity contribution is -0.148. The van der Waals surface area contributed by atoms with Crippen LogP contribution in [-0.2, 0) is 14.4 Å². The monoisotopic (exact) mass is 352 g/mol. The molecule has 1 heterocycles. The summed E-state index contributed by atoms with van der Waals surface area (Å²) in [6.07, 6.45) is 5.02. The number of rotatable bonds is 4. The lowest BCUT2D eigenvalue weighted by Crippen LogP contribution is -2.51. The molecule has 1 N–H and O–H groups in total. The predicted octanol–water partition coefficient (Wildman–Crippen LogP) is 2.77. The zero-order chi connectivity index (χ0) is 18.6. The molecule has 2 aliphatic carbocycles. The van der Waals surface area contributed by atoms with Crippen molar-refractivity contribution in [3.8, 4) is 0 Å². The minimum absolute atomic E-state index is 0.152. The molecular formula is C21H24N2O3. The second-order valence-corrected chi connectivity index (χ2v) is 8.09. The summed E-state index contributed by atoms with van der Waals surface area (Å²) in [7, 11) is 0. The van der Waals surface area contributed by atoms with E-state index in [4.69, 9.17) is 0 Å². The number of allylic oxidation sites excluding steroid dienone is 2. The number of carbonyl (C=O) groups is 3. The molecule has 1 saturated carbocycles. The van der Waals surface area contributed by atoms with Crippen molar-refractivity contribution in [1.82, 2.24) is 4.90 Å². The first kappa shape index (κ1) is 17.0. The number of nitrogens with zero attached hydrogens (tertiary/aromatic N) is 1. The van der Waals surface area contributed by atoms with E-state index in [9.17, 15) is 14.4 Å². The standard InChI is InChI=1S/C21H24N2O3/c1-11(2)18(19(24)22-15-8-4-12(3)5-9-15)23-20(25)16-13-6-7-14(10-13)17(16)21(23)26/h4-9,11,13-14,16-18H,10H2,1-3H3,(H,22,24). The van der Waals surface area contributed by atoms with Gasteiger partial charge in [0.25, 0.3) is 0 Å². The van der Waals surface area contributed by atoms with Crippen molar-refractivity contribution in [3.63, 3.8) is 0 Å². The van der Waals surface area contributed by atoms with Crippen LogP contribution in [0.4, 0.5) is 5.69 Å². The summed E-state index contributed by atoms with van der Waals surface area (Å²) < 4.78 is 0. The Balaban J connectivity index is 1.59. The van der Waals surface area contributed by atoms with Crippen LogP contribution < -0.4 is 5.32 Å². The molecule has 26 heavy (non-hydrogen) atoms. The maximum Gasteiger partial charge on any atom is 0.247 e. The maximum atomic E-state index is 13.0. The number of benzene rings is 1. The number of likely N-dealkylation sites (tertiary alicyclic amines) is 1. The average molecular weight is 352 g/mol. The molecule has 4 rings (SSSR count). The fourth-order valence-corrected chi connectivity index (χ4v) is 4.77. The van der Waals surface area contributed by atoms with Gasteiger partial charge >= 0.3 is 0 Å². The number of amides is 3. The molecule has 3 amide bonds. The van der Waals surface area contributed by atoms with E-state index in [1.54, 1.807) is 0 Å². The summed E-state index contributed by atoms with van der Waals surface area (Å²) in [5.41, 5.74) is 1.77. The molecule has 3 aliphatic rings. The number of imide groups is 1. The summed E-state index contributed by atoms with van der Waals surface area (Å²) in [5.74, 6) is -1.04. The van der Waals surface area contributed by atoms with Crippen molar-refractivity contribution < 1.29 is 14.4 Å². The number of hydrogen-bond acceptors (Lipinski definition) is 3. The van der Waals surface area contributed by atoms with E-state index in [1.165, 1.54) is 4.90 Å². The molecule has 0 radical (unpaired) electrons. The summed E-state index contributed by atoms with van der Waals surface area (Å²) in [4.78, 5) is 40.3. The van der Waals surface area contributed by atoms with Crippen LogP contribution in [0.15, 0.2) is 36.4 Å². The molecule has 5 unspecified atom stereocenters. The van der Waals surface area contributed by atoms with Gasteiger partial charge in [-0.05, 0) is 43.2 Å². The van der Waals surface area contributed by atoms with E-state index < -0.39 is 6.04 Å². The second-order valence-electron chi connectivity index (χ2n) is 8.09. The van der Waals surface area contributed by atoms with E-state index in [0.29, 0.717) is 5.69 Å². The molecule has 2 fully saturated rings. The van der Waals surface area contributed by atoms with Crippen molar-refractivity contribution in [3.05, 3.63) is 42.0 Å². The predicted molar refractivity (Wildman–Crippen MR) is 98.0 cm³/mol. The maximum absolute atomic E-state index is 13.0. The third kappa shape index (κ3) is 2.49. The molecule has 1 aliphatic heterocycles. The summed E-state index contributed by atoms with van der Waals surface area (Å²) in [6.45, 7) is 5.73. The Labute approximate surface area is 153 Å². The lowest BCUT2D eigenvalue weighted by atomic mass is 9.85. The summed E-state index contributed by atoms with van der Waals surface area (Å²) in [6, 6.07) is 6.72. The van der Waals surface area contributed by atoms with Gasteiger partial charge in [0.05, 0.1) is 11.8 Å². The van der Waals surface area contributed by atoms with Crippen LogP contribution in [0.3, 0.4) is 0 Å². The van der Waals surface area contributed by atoms with Gasteiger partial charge in [-0.25, -0.2) is 0 Å². The third-order valence-electron chi connectivity index (χ3n) is 6.00. The topological polar surface area (TPSA) is 66.5 Å². The van der Waals surface area contributed by atoms with Crippen LogP contribution >= 0.6 is 0 Å². The zero-order valence-corrected chi connectivity index (χ0v) is 15.3. The number of carbonyl (C=O) groups excluding carboxylic acids is 3. The minimum atomic E-state index is -0.777.